The second-order valence-electron chi connectivity index (χ2n) is 3.74. The molecule has 0 atom stereocenters. The summed E-state index contributed by atoms with van der Waals surface area (Å²) < 4.78 is 5.28. The summed E-state index contributed by atoms with van der Waals surface area (Å²) in [5, 5.41) is 4.32. The molecule has 3 nitrogen and oxygen atoms in total. The van der Waals surface area contributed by atoms with E-state index >= 15 is 0 Å². The first kappa shape index (κ1) is 10.2. The van der Waals surface area contributed by atoms with E-state index in [1.54, 1.807) is 6.07 Å². The zero-order valence-electron chi connectivity index (χ0n) is 9.14. The van der Waals surface area contributed by atoms with Crippen molar-refractivity contribution in [1.82, 2.24) is 4.98 Å². The van der Waals surface area contributed by atoms with Crippen LogP contribution in [0.15, 0.2) is 44.9 Å². The summed E-state index contributed by atoms with van der Waals surface area (Å²) >= 11 is 1.54. The molecule has 0 amide bonds. The van der Waals surface area contributed by atoms with Crippen molar-refractivity contribution >= 4 is 22.1 Å². The third-order valence-electron chi connectivity index (χ3n) is 2.54. The Hall–Kier alpha value is -1.94. The van der Waals surface area contributed by atoms with Gasteiger partial charge in [0.1, 0.15) is 5.69 Å². The molecule has 0 fully saturated rings. The number of hydrogen-bond donors (Lipinski definition) is 0. The zero-order valence-corrected chi connectivity index (χ0v) is 9.95. The number of nitrogens with zero attached hydrogens (tertiary/aromatic N) is 1. The summed E-state index contributed by atoms with van der Waals surface area (Å²) in [4.78, 5) is 16.1. The van der Waals surface area contributed by atoms with E-state index in [1.165, 1.54) is 11.3 Å². The van der Waals surface area contributed by atoms with Gasteiger partial charge in [0.05, 0.1) is 10.4 Å². The van der Waals surface area contributed by atoms with Crippen LogP contribution in [0.3, 0.4) is 0 Å². The van der Waals surface area contributed by atoms with Gasteiger partial charge in [-0.15, -0.1) is 11.3 Å². The van der Waals surface area contributed by atoms with Crippen molar-refractivity contribution < 1.29 is 4.42 Å². The summed E-state index contributed by atoms with van der Waals surface area (Å²) in [5.74, 6) is 0.526. The Morgan fingerprint density at radius 3 is 2.88 bits per heavy atom. The largest absolute Gasteiger partial charge is 0.421 e. The summed E-state index contributed by atoms with van der Waals surface area (Å²) in [6.45, 7) is 1.92. The second kappa shape index (κ2) is 3.82. The van der Waals surface area contributed by atoms with Gasteiger partial charge in [0.15, 0.2) is 5.76 Å². The normalized spacial score (nSPS) is 10.9. The molecule has 0 unspecified atom stereocenters. The standard InChI is InChI=1S/C13H9NO2S/c1-8-14-11(7-17-8)12-6-9-4-2-3-5-10(9)13(15)16-12/h2-7H,1H3. The van der Waals surface area contributed by atoms with Gasteiger partial charge in [-0.2, -0.15) is 0 Å². The quantitative estimate of drug-likeness (QED) is 0.659. The first-order chi connectivity index (χ1) is 8.24. The minimum Gasteiger partial charge on any atom is -0.421 e. The molecule has 84 valence electrons. The van der Waals surface area contributed by atoms with Crippen molar-refractivity contribution in [3.05, 3.63) is 51.1 Å². The topological polar surface area (TPSA) is 43.1 Å². The summed E-state index contributed by atoms with van der Waals surface area (Å²) in [6, 6.07) is 9.24. The van der Waals surface area contributed by atoms with Crippen molar-refractivity contribution in [2.75, 3.05) is 0 Å². The van der Waals surface area contributed by atoms with E-state index in [0.29, 0.717) is 11.1 Å². The Labute approximate surface area is 101 Å². The van der Waals surface area contributed by atoms with Gasteiger partial charge in [-0.3, -0.25) is 0 Å². The van der Waals surface area contributed by atoms with Crippen molar-refractivity contribution in [3.8, 4) is 11.5 Å². The van der Waals surface area contributed by atoms with Crippen molar-refractivity contribution in [3.63, 3.8) is 0 Å². The monoisotopic (exact) mass is 243 g/mol. The molecule has 17 heavy (non-hydrogen) atoms. The third kappa shape index (κ3) is 1.76. The van der Waals surface area contributed by atoms with Crippen LogP contribution >= 0.6 is 11.3 Å². The van der Waals surface area contributed by atoms with Gasteiger partial charge >= 0.3 is 5.63 Å². The van der Waals surface area contributed by atoms with Gasteiger partial charge < -0.3 is 4.42 Å². The van der Waals surface area contributed by atoms with Crippen LogP contribution in [-0.2, 0) is 0 Å². The van der Waals surface area contributed by atoms with Gasteiger partial charge in [-0.25, -0.2) is 9.78 Å². The maximum absolute atomic E-state index is 11.8. The first-order valence-electron chi connectivity index (χ1n) is 5.19. The molecule has 0 bridgehead atoms. The van der Waals surface area contributed by atoms with Crippen molar-refractivity contribution in [2.24, 2.45) is 0 Å². The highest BCUT2D eigenvalue weighted by molar-refractivity contribution is 7.09. The predicted octanol–water partition coefficient (Wildman–Crippen LogP) is 3.22. The van der Waals surface area contributed by atoms with E-state index in [2.05, 4.69) is 4.98 Å². The van der Waals surface area contributed by atoms with E-state index in [-0.39, 0.29) is 5.63 Å². The highest BCUT2D eigenvalue weighted by Crippen LogP contribution is 2.23. The average Bonchev–Trinajstić information content (AvgIpc) is 2.76. The molecule has 0 spiro atoms. The fourth-order valence-corrected chi connectivity index (χ4v) is 2.34. The lowest BCUT2D eigenvalue weighted by Crippen LogP contribution is -1.99. The number of aromatic nitrogens is 1. The SMILES string of the molecule is Cc1nc(-c2cc3ccccc3c(=O)o2)cs1. The summed E-state index contributed by atoms with van der Waals surface area (Å²) in [6.07, 6.45) is 0. The van der Waals surface area contributed by atoms with E-state index in [4.69, 9.17) is 4.42 Å². The van der Waals surface area contributed by atoms with Gasteiger partial charge in [-0.1, -0.05) is 18.2 Å². The Balaban J connectivity index is 2.29. The number of aryl methyl sites for hydroxylation is 1. The average molecular weight is 243 g/mol. The van der Waals surface area contributed by atoms with Crippen LogP contribution in [0.2, 0.25) is 0 Å². The van der Waals surface area contributed by atoms with E-state index < -0.39 is 0 Å². The molecule has 0 saturated heterocycles. The maximum atomic E-state index is 11.8. The van der Waals surface area contributed by atoms with Crippen LogP contribution < -0.4 is 5.63 Å². The van der Waals surface area contributed by atoms with Crippen LogP contribution in [0.4, 0.5) is 0 Å². The minimum atomic E-state index is -0.316. The number of thiazole rings is 1. The highest BCUT2D eigenvalue weighted by Gasteiger charge is 2.08. The molecule has 0 radical (unpaired) electrons. The molecular formula is C13H9NO2S. The van der Waals surface area contributed by atoms with Crippen LogP contribution in [-0.4, -0.2) is 4.98 Å². The van der Waals surface area contributed by atoms with Crippen LogP contribution in [0.1, 0.15) is 5.01 Å². The summed E-state index contributed by atoms with van der Waals surface area (Å²) in [5.41, 5.74) is 0.402. The fraction of sp³-hybridized carbons (Fsp3) is 0.0769. The predicted molar refractivity (Wildman–Crippen MR) is 68.3 cm³/mol. The Morgan fingerprint density at radius 2 is 2.12 bits per heavy atom. The second-order valence-corrected chi connectivity index (χ2v) is 4.80. The number of fused-ring (bicyclic) bond motifs is 1. The molecular weight excluding hydrogens is 234 g/mol. The molecule has 0 saturated carbocycles. The maximum Gasteiger partial charge on any atom is 0.344 e. The Bertz CT molecular complexity index is 742. The number of rotatable bonds is 1. The Morgan fingerprint density at radius 1 is 1.29 bits per heavy atom. The lowest BCUT2D eigenvalue weighted by Gasteiger charge is -1.98. The molecule has 0 N–H and O–H groups in total. The van der Waals surface area contributed by atoms with Gasteiger partial charge in [0.25, 0.3) is 0 Å². The van der Waals surface area contributed by atoms with E-state index in [1.807, 2.05) is 36.6 Å². The third-order valence-corrected chi connectivity index (χ3v) is 3.31. The van der Waals surface area contributed by atoms with Crippen LogP contribution in [0.5, 0.6) is 0 Å². The van der Waals surface area contributed by atoms with Gasteiger partial charge in [0, 0.05) is 5.38 Å². The molecule has 1 aromatic carbocycles. The molecule has 2 heterocycles. The van der Waals surface area contributed by atoms with Crippen molar-refractivity contribution in [1.29, 1.82) is 0 Å². The molecule has 2 aromatic heterocycles. The first-order valence-corrected chi connectivity index (χ1v) is 6.07. The number of benzene rings is 1. The summed E-state index contributed by atoms with van der Waals surface area (Å²) in [7, 11) is 0. The Kier molecular flexibility index (Phi) is 2.30. The van der Waals surface area contributed by atoms with Gasteiger partial charge in [0.2, 0.25) is 0 Å². The molecule has 3 rings (SSSR count). The van der Waals surface area contributed by atoms with Crippen LogP contribution in [0, 0.1) is 6.92 Å². The number of hydrogen-bond acceptors (Lipinski definition) is 4. The molecule has 0 aliphatic rings. The van der Waals surface area contributed by atoms with Crippen LogP contribution in [0.25, 0.3) is 22.2 Å². The van der Waals surface area contributed by atoms with Gasteiger partial charge in [-0.05, 0) is 24.4 Å². The molecule has 4 heteroatoms. The van der Waals surface area contributed by atoms with E-state index in [9.17, 15) is 4.79 Å². The molecule has 0 aliphatic carbocycles. The zero-order chi connectivity index (χ0) is 11.8. The fourth-order valence-electron chi connectivity index (χ4n) is 1.74. The minimum absolute atomic E-state index is 0.316. The smallest absolute Gasteiger partial charge is 0.344 e. The lowest BCUT2D eigenvalue weighted by molar-refractivity contribution is 0.533. The highest BCUT2D eigenvalue weighted by atomic mass is 32.1. The van der Waals surface area contributed by atoms with Crippen molar-refractivity contribution in [2.45, 2.75) is 6.92 Å². The lowest BCUT2D eigenvalue weighted by atomic mass is 10.1. The van der Waals surface area contributed by atoms with E-state index in [0.717, 1.165) is 16.1 Å². The molecule has 0 aliphatic heterocycles. The molecule has 3 aromatic rings.